The molecule has 1 saturated carbocycles. The van der Waals surface area contributed by atoms with Crippen LogP contribution in [-0.2, 0) is 12.0 Å². The second kappa shape index (κ2) is 12.0. The summed E-state index contributed by atoms with van der Waals surface area (Å²) in [7, 11) is 0. The van der Waals surface area contributed by atoms with Crippen molar-refractivity contribution < 1.29 is 18.1 Å². The minimum atomic E-state index is -0.310. The third-order valence-corrected chi connectivity index (χ3v) is 13.2. The maximum Gasteiger partial charge on any atom is 0.338 e. The third-order valence-electron chi connectivity index (χ3n) is 13.2. The third kappa shape index (κ3) is 4.44. The van der Waals surface area contributed by atoms with Crippen molar-refractivity contribution in [1.29, 1.82) is 0 Å². The lowest BCUT2D eigenvalue weighted by Gasteiger charge is -2.30. The molecule has 7 aromatic rings. The summed E-state index contributed by atoms with van der Waals surface area (Å²) in [6.07, 6.45) is 12.5. The molecule has 10 rings (SSSR count). The Bertz CT molecular complexity index is 2650. The van der Waals surface area contributed by atoms with E-state index in [1.165, 1.54) is 92.4 Å². The van der Waals surface area contributed by atoms with Crippen LogP contribution in [0.4, 0.5) is 0 Å². The fourth-order valence-corrected chi connectivity index (χ4v) is 10.4. The van der Waals surface area contributed by atoms with E-state index in [0.29, 0.717) is 12.0 Å². The second-order valence-electron chi connectivity index (χ2n) is 15.8. The monoisotopic (exact) mass is 700 g/mol. The van der Waals surface area contributed by atoms with Crippen molar-refractivity contribution in [1.82, 2.24) is 9.78 Å². The second-order valence-corrected chi connectivity index (χ2v) is 15.8. The number of pyridine rings is 2. The molecule has 266 valence electrons. The van der Waals surface area contributed by atoms with Gasteiger partial charge in [0.25, 0.3) is 11.5 Å². The Morgan fingerprint density at radius 1 is 0.868 bits per heavy atom. The van der Waals surface area contributed by atoms with Crippen LogP contribution in [0.1, 0.15) is 101 Å². The van der Waals surface area contributed by atoms with Crippen molar-refractivity contribution in [2.45, 2.75) is 104 Å². The molecule has 4 aromatic heterocycles. The van der Waals surface area contributed by atoms with Gasteiger partial charge in [-0.15, -0.1) is 0 Å². The molecule has 6 heteroatoms. The van der Waals surface area contributed by atoms with Gasteiger partial charge in [0.1, 0.15) is 22.9 Å². The van der Waals surface area contributed by atoms with Crippen LogP contribution in [0.25, 0.3) is 61.8 Å². The van der Waals surface area contributed by atoms with E-state index in [-0.39, 0.29) is 11.6 Å². The van der Waals surface area contributed by atoms with Crippen molar-refractivity contribution >= 4 is 39.0 Å². The predicted octanol–water partition coefficient (Wildman–Crippen LogP) is 10.0. The van der Waals surface area contributed by atoms with E-state index < -0.39 is 0 Å². The molecule has 0 amide bonds. The zero-order chi connectivity index (χ0) is 36.2. The summed E-state index contributed by atoms with van der Waals surface area (Å²) in [5.41, 5.74) is 11.9. The Morgan fingerprint density at radius 2 is 1.70 bits per heavy atom. The molecule has 2 aliphatic heterocycles. The normalized spacial score (nSPS) is 19.6. The first-order valence-electron chi connectivity index (χ1n) is 20.1. The van der Waals surface area contributed by atoms with Crippen LogP contribution in [0.3, 0.4) is 0 Å². The number of para-hydroxylation sites is 1. The lowest BCUT2D eigenvalue weighted by molar-refractivity contribution is -0.764. The van der Waals surface area contributed by atoms with Crippen molar-refractivity contribution in [3.63, 3.8) is 0 Å². The Morgan fingerprint density at radius 3 is 2.49 bits per heavy atom. The average Bonchev–Trinajstić information content (AvgIpc) is 3.63. The van der Waals surface area contributed by atoms with Gasteiger partial charge in [-0.1, -0.05) is 69.1 Å². The summed E-state index contributed by atoms with van der Waals surface area (Å²) in [6.45, 7) is 13.8. The molecule has 3 aromatic carbocycles. The van der Waals surface area contributed by atoms with Crippen LogP contribution in [0.15, 0.2) is 95.0 Å². The molecule has 6 heterocycles. The highest BCUT2D eigenvalue weighted by Gasteiger charge is 2.57. The van der Waals surface area contributed by atoms with E-state index in [1.54, 1.807) is 0 Å². The first-order valence-corrected chi connectivity index (χ1v) is 20.1. The highest BCUT2D eigenvalue weighted by atomic mass is 16.3. The van der Waals surface area contributed by atoms with Crippen LogP contribution in [-0.4, -0.2) is 9.78 Å². The number of hydrogen-bond acceptors (Lipinski definition) is 2. The van der Waals surface area contributed by atoms with Crippen molar-refractivity contribution in [3.05, 3.63) is 113 Å². The van der Waals surface area contributed by atoms with Gasteiger partial charge in [0.05, 0.1) is 11.6 Å². The van der Waals surface area contributed by atoms with Crippen LogP contribution < -0.4 is 13.7 Å². The largest absolute Gasteiger partial charge is 0.455 e. The van der Waals surface area contributed by atoms with Gasteiger partial charge in [-0.2, -0.15) is 9.13 Å². The Labute approximate surface area is 312 Å². The number of aryl methyl sites for hydroxylation is 3. The molecule has 0 spiro atoms. The molecular formula is C47H50N5O+3. The SMILES string of the molecule is CCCCc1cccc2oc3c4c(ccc3c12)C(C1=Cn2nc(C)[n+](C3CC3CC)c2-c2cccc[n+]2C1(CC)CC)[n+]1c-4cc(C)c2ccccc21. The molecule has 3 atom stereocenters. The van der Waals surface area contributed by atoms with E-state index in [0.717, 1.165) is 36.3 Å². The minimum Gasteiger partial charge on any atom is -0.455 e. The quantitative estimate of drug-likeness (QED) is 0.148. The summed E-state index contributed by atoms with van der Waals surface area (Å²) in [5.74, 6) is 2.97. The first-order chi connectivity index (χ1) is 25.9. The Kier molecular flexibility index (Phi) is 7.34. The van der Waals surface area contributed by atoms with Crippen molar-refractivity contribution in [2.24, 2.45) is 5.92 Å². The van der Waals surface area contributed by atoms with Crippen LogP contribution in [0.2, 0.25) is 0 Å². The summed E-state index contributed by atoms with van der Waals surface area (Å²) >= 11 is 0. The van der Waals surface area contributed by atoms with Gasteiger partial charge in [-0.05, 0) is 73.9 Å². The van der Waals surface area contributed by atoms with Crippen LogP contribution >= 0.6 is 0 Å². The van der Waals surface area contributed by atoms with E-state index in [4.69, 9.17) is 9.52 Å². The maximum atomic E-state index is 7.02. The molecule has 0 N–H and O–H groups in total. The number of fused-ring (bicyclic) bond motifs is 12. The molecule has 1 fully saturated rings. The van der Waals surface area contributed by atoms with Gasteiger partial charge < -0.3 is 4.42 Å². The van der Waals surface area contributed by atoms with Gasteiger partial charge in [0.2, 0.25) is 17.3 Å². The Hall–Kier alpha value is -5.10. The van der Waals surface area contributed by atoms with Crippen molar-refractivity contribution in [3.8, 4) is 22.8 Å². The topological polar surface area (TPSA) is 42.6 Å². The van der Waals surface area contributed by atoms with Crippen LogP contribution in [0.5, 0.6) is 0 Å². The van der Waals surface area contributed by atoms with Gasteiger partial charge >= 0.3 is 5.82 Å². The van der Waals surface area contributed by atoms with E-state index in [1.807, 2.05) is 0 Å². The van der Waals surface area contributed by atoms with Crippen molar-refractivity contribution in [2.75, 3.05) is 0 Å². The number of nitrogens with zero attached hydrogens (tertiary/aromatic N) is 5. The van der Waals surface area contributed by atoms with Gasteiger partial charge in [0.15, 0.2) is 11.7 Å². The van der Waals surface area contributed by atoms with Gasteiger partial charge in [-0.25, -0.2) is 4.57 Å². The van der Waals surface area contributed by atoms with E-state index in [2.05, 4.69) is 151 Å². The zero-order valence-electron chi connectivity index (χ0n) is 32.0. The standard InChI is InChI=1S/C47H50N5O/c1-7-11-17-32-18-16-22-41-42(32)35-24-23-34-43(45(35)53-41)40-26-29(5)33-19-12-13-20-37(33)52(40)44(34)36-28-50-46(51(30(6)48-50)39-27-31(39)8-2)38-21-14-15-25-49(38)47(36,9-3)10-4/h12-16,18-26,28,31,39,44H,7-11,17,27H2,1-6H3/q+3. The number of rotatable bonds is 8. The summed E-state index contributed by atoms with van der Waals surface area (Å²) in [5, 5.41) is 9.13. The molecule has 3 aliphatic rings. The van der Waals surface area contributed by atoms with E-state index in [9.17, 15) is 0 Å². The van der Waals surface area contributed by atoms with Gasteiger partial charge in [0, 0.05) is 70.9 Å². The molecule has 0 radical (unpaired) electrons. The highest BCUT2D eigenvalue weighted by molar-refractivity contribution is 6.11. The van der Waals surface area contributed by atoms with Gasteiger partial charge in [-0.3, -0.25) is 0 Å². The lowest BCUT2D eigenvalue weighted by atomic mass is 9.78. The average molecular weight is 701 g/mol. The zero-order valence-corrected chi connectivity index (χ0v) is 32.0. The number of aromatic nitrogens is 5. The molecule has 6 nitrogen and oxygen atoms in total. The lowest BCUT2D eigenvalue weighted by Crippen LogP contribution is -2.61. The highest BCUT2D eigenvalue weighted by Crippen LogP contribution is 2.51. The number of hydrogen-bond donors (Lipinski definition) is 0. The smallest absolute Gasteiger partial charge is 0.338 e. The fourth-order valence-electron chi connectivity index (χ4n) is 10.4. The molecule has 3 unspecified atom stereocenters. The molecule has 0 bridgehead atoms. The van der Waals surface area contributed by atoms with E-state index >= 15 is 0 Å². The minimum absolute atomic E-state index is 0.0728. The summed E-state index contributed by atoms with van der Waals surface area (Å²) in [6, 6.07) is 29.9. The number of unbranched alkanes of at least 4 members (excludes halogenated alkanes) is 1. The molecule has 0 saturated heterocycles. The predicted molar refractivity (Wildman–Crippen MR) is 211 cm³/mol. The first kappa shape index (κ1) is 32.5. The summed E-state index contributed by atoms with van der Waals surface area (Å²) < 4.78 is 17.0. The maximum absolute atomic E-state index is 7.02. The summed E-state index contributed by atoms with van der Waals surface area (Å²) in [4.78, 5) is 0. The number of furan rings is 1. The van der Waals surface area contributed by atoms with Crippen LogP contribution in [0, 0.1) is 19.8 Å². The molecule has 53 heavy (non-hydrogen) atoms. The molecule has 1 aliphatic carbocycles. The molecular weight excluding hydrogens is 651 g/mol. The fraction of sp³-hybridized carbons (Fsp3) is 0.362. The Balaban J connectivity index is 1.32. The number of benzene rings is 3. The number of allylic oxidation sites excluding steroid dienone is 1.